The van der Waals surface area contributed by atoms with E-state index in [1.54, 1.807) is 33.0 Å². The normalized spacial score (nSPS) is 15.0. The number of aliphatic imine (C=N–C) groups is 1. The van der Waals surface area contributed by atoms with Crippen LogP contribution in [0.15, 0.2) is 4.99 Å². The topological polar surface area (TPSA) is 115 Å². The van der Waals surface area contributed by atoms with Gasteiger partial charge in [0.15, 0.2) is 5.96 Å². The van der Waals surface area contributed by atoms with Gasteiger partial charge in [0.05, 0.1) is 12.0 Å². The van der Waals surface area contributed by atoms with E-state index >= 15 is 0 Å². The maximum absolute atomic E-state index is 12.0. The molecule has 0 aromatic rings. The standard InChI is InChI=1S/C19H36N6O4.HI/c1-7-29-18(28)25-10-8-14(9-11-25)23-17(21-12-15(26)24(5)6)22-13-19(2,3)16(27)20-4;/h14H,7-13H2,1-6H3,(H,20,27)(H2,21,22,23);1H. The summed E-state index contributed by atoms with van der Waals surface area (Å²) in [5.41, 5.74) is -0.643. The van der Waals surface area contributed by atoms with Gasteiger partial charge < -0.3 is 30.5 Å². The first-order chi connectivity index (χ1) is 13.6. The van der Waals surface area contributed by atoms with Gasteiger partial charge in [-0.05, 0) is 33.6 Å². The van der Waals surface area contributed by atoms with Gasteiger partial charge >= 0.3 is 6.09 Å². The predicted octanol–water partition coefficient (Wildman–Crippen LogP) is 0.621. The summed E-state index contributed by atoms with van der Waals surface area (Å²) < 4.78 is 5.04. The minimum Gasteiger partial charge on any atom is -0.450 e. The Morgan fingerprint density at radius 2 is 1.80 bits per heavy atom. The maximum atomic E-state index is 12.0. The Kier molecular flexibility index (Phi) is 12.7. The molecule has 11 heteroatoms. The number of halogens is 1. The second-order valence-corrected chi connectivity index (χ2v) is 7.87. The van der Waals surface area contributed by atoms with E-state index in [0.717, 1.165) is 12.8 Å². The number of carbonyl (C=O) groups excluding carboxylic acids is 3. The second kappa shape index (κ2) is 13.5. The molecule has 0 aliphatic carbocycles. The molecule has 0 unspecified atom stereocenters. The zero-order valence-corrected chi connectivity index (χ0v) is 21.2. The van der Waals surface area contributed by atoms with E-state index in [4.69, 9.17) is 4.74 Å². The van der Waals surface area contributed by atoms with E-state index in [0.29, 0.717) is 32.2 Å². The average molecular weight is 540 g/mol. The highest BCUT2D eigenvalue weighted by atomic mass is 127. The lowest BCUT2D eigenvalue weighted by Gasteiger charge is -2.33. The van der Waals surface area contributed by atoms with E-state index in [1.807, 2.05) is 13.8 Å². The van der Waals surface area contributed by atoms with Crippen molar-refractivity contribution in [2.24, 2.45) is 10.4 Å². The van der Waals surface area contributed by atoms with E-state index in [2.05, 4.69) is 20.9 Å². The molecule has 0 aromatic carbocycles. The smallest absolute Gasteiger partial charge is 0.409 e. The van der Waals surface area contributed by atoms with Crippen LogP contribution in [0.3, 0.4) is 0 Å². The van der Waals surface area contributed by atoms with Crippen LogP contribution in [0.1, 0.15) is 33.6 Å². The molecular formula is C19H37IN6O4. The molecule has 1 aliphatic heterocycles. The van der Waals surface area contributed by atoms with Crippen LogP contribution in [-0.4, -0.2) is 93.6 Å². The van der Waals surface area contributed by atoms with Gasteiger partial charge in [0.2, 0.25) is 11.8 Å². The lowest BCUT2D eigenvalue weighted by Crippen LogP contribution is -2.52. The number of hydrogen-bond donors (Lipinski definition) is 3. The van der Waals surface area contributed by atoms with Gasteiger partial charge in [0.1, 0.15) is 6.54 Å². The highest BCUT2D eigenvalue weighted by Crippen LogP contribution is 2.14. The van der Waals surface area contributed by atoms with E-state index in [9.17, 15) is 14.4 Å². The van der Waals surface area contributed by atoms with Crippen molar-refractivity contribution in [3.05, 3.63) is 0 Å². The number of piperidine rings is 1. The molecule has 30 heavy (non-hydrogen) atoms. The molecule has 10 nitrogen and oxygen atoms in total. The maximum Gasteiger partial charge on any atom is 0.409 e. The summed E-state index contributed by atoms with van der Waals surface area (Å²) in [4.78, 5) is 43.3. The number of amides is 3. The van der Waals surface area contributed by atoms with Crippen molar-refractivity contribution >= 4 is 47.8 Å². The Hall–Kier alpha value is -1.79. The van der Waals surface area contributed by atoms with Crippen LogP contribution in [0.2, 0.25) is 0 Å². The molecule has 3 N–H and O–H groups in total. The van der Waals surface area contributed by atoms with Crippen molar-refractivity contribution in [1.82, 2.24) is 25.8 Å². The lowest BCUT2D eigenvalue weighted by molar-refractivity contribution is -0.128. The number of rotatable bonds is 7. The van der Waals surface area contributed by atoms with Crippen molar-refractivity contribution in [2.75, 3.05) is 53.9 Å². The molecule has 1 heterocycles. The quantitative estimate of drug-likeness (QED) is 0.248. The van der Waals surface area contributed by atoms with Gasteiger partial charge in [0, 0.05) is 46.8 Å². The van der Waals surface area contributed by atoms with Gasteiger partial charge in [-0.25, -0.2) is 9.79 Å². The van der Waals surface area contributed by atoms with E-state index < -0.39 is 5.41 Å². The van der Waals surface area contributed by atoms with Crippen molar-refractivity contribution in [2.45, 2.75) is 39.7 Å². The lowest BCUT2D eigenvalue weighted by atomic mass is 9.92. The van der Waals surface area contributed by atoms with Crippen LogP contribution >= 0.6 is 24.0 Å². The molecule has 0 spiro atoms. The summed E-state index contributed by atoms with van der Waals surface area (Å²) in [6.07, 6.45) is 1.18. The fourth-order valence-electron chi connectivity index (χ4n) is 2.78. The first-order valence-corrected chi connectivity index (χ1v) is 9.99. The summed E-state index contributed by atoms with van der Waals surface area (Å²) in [6, 6.07) is 0.101. The van der Waals surface area contributed by atoms with Gasteiger partial charge in [-0.1, -0.05) is 0 Å². The van der Waals surface area contributed by atoms with Crippen molar-refractivity contribution in [1.29, 1.82) is 0 Å². The van der Waals surface area contributed by atoms with Gasteiger partial charge in [0.25, 0.3) is 0 Å². The van der Waals surface area contributed by atoms with Crippen LogP contribution in [-0.2, 0) is 14.3 Å². The molecule has 1 saturated heterocycles. The largest absolute Gasteiger partial charge is 0.450 e. The van der Waals surface area contributed by atoms with Crippen LogP contribution in [0.5, 0.6) is 0 Å². The number of carbonyl (C=O) groups is 3. The number of likely N-dealkylation sites (tertiary alicyclic amines) is 1. The molecule has 1 rings (SSSR count). The molecule has 0 aromatic heterocycles. The number of likely N-dealkylation sites (N-methyl/N-ethyl adjacent to an activating group) is 1. The monoisotopic (exact) mass is 540 g/mol. The molecule has 1 aliphatic rings. The molecular weight excluding hydrogens is 503 g/mol. The number of ether oxygens (including phenoxy) is 1. The highest BCUT2D eigenvalue weighted by molar-refractivity contribution is 14.0. The van der Waals surface area contributed by atoms with Gasteiger partial charge in [-0.2, -0.15) is 0 Å². The molecule has 174 valence electrons. The Labute approximate surface area is 196 Å². The van der Waals surface area contributed by atoms with Crippen LogP contribution < -0.4 is 16.0 Å². The fourth-order valence-corrected chi connectivity index (χ4v) is 2.78. The van der Waals surface area contributed by atoms with Gasteiger partial charge in [-0.15, -0.1) is 24.0 Å². The third-order valence-corrected chi connectivity index (χ3v) is 4.77. The Balaban J connectivity index is 0.00000841. The first kappa shape index (κ1) is 28.2. The Morgan fingerprint density at radius 1 is 1.20 bits per heavy atom. The second-order valence-electron chi connectivity index (χ2n) is 7.87. The van der Waals surface area contributed by atoms with Crippen LogP contribution in [0, 0.1) is 5.41 Å². The van der Waals surface area contributed by atoms with Crippen molar-refractivity contribution < 1.29 is 19.1 Å². The van der Waals surface area contributed by atoms with Gasteiger partial charge in [-0.3, -0.25) is 9.59 Å². The van der Waals surface area contributed by atoms with Crippen LogP contribution in [0.4, 0.5) is 4.79 Å². The van der Waals surface area contributed by atoms with E-state index in [1.165, 1.54) is 4.90 Å². The zero-order valence-electron chi connectivity index (χ0n) is 18.9. The van der Waals surface area contributed by atoms with Crippen molar-refractivity contribution in [3.8, 4) is 0 Å². The molecule has 0 bridgehead atoms. The third kappa shape index (κ3) is 9.35. The molecule has 1 fully saturated rings. The molecule has 3 amide bonds. The Morgan fingerprint density at radius 3 is 2.30 bits per heavy atom. The number of guanidine groups is 1. The third-order valence-electron chi connectivity index (χ3n) is 4.77. The molecule has 0 radical (unpaired) electrons. The number of hydrogen-bond acceptors (Lipinski definition) is 5. The first-order valence-electron chi connectivity index (χ1n) is 9.99. The van der Waals surface area contributed by atoms with E-state index in [-0.39, 0.29) is 54.5 Å². The summed E-state index contributed by atoms with van der Waals surface area (Å²) in [7, 11) is 4.96. The summed E-state index contributed by atoms with van der Waals surface area (Å²) >= 11 is 0. The SMILES string of the molecule is CCOC(=O)N1CCC(NC(=NCC(=O)N(C)C)NCC(C)(C)C(=O)NC)CC1.I. The molecule has 0 saturated carbocycles. The summed E-state index contributed by atoms with van der Waals surface area (Å²) in [5.74, 6) is 0.275. The minimum atomic E-state index is -0.643. The fraction of sp³-hybridized carbons (Fsp3) is 0.789. The Bertz CT molecular complexity index is 604. The summed E-state index contributed by atoms with van der Waals surface area (Å²) in [6.45, 7) is 7.35. The number of nitrogens with zero attached hydrogens (tertiary/aromatic N) is 3. The predicted molar refractivity (Wildman–Crippen MR) is 127 cm³/mol. The van der Waals surface area contributed by atoms with Crippen molar-refractivity contribution in [3.63, 3.8) is 0 Å². The minimum absolute atomic E-state index is 0. The zero-order chi connectivity index (χ0) is 22.0. The average Bonchev–Trinajstić information content (AvgIpc) is 2.69. The highest BCUT2D eigenvalue weighted by Gasteiger charge is 2.28. The summed E-state index contributed by atoms with van der Waals surface area (Å²) in [5, 5.41) is 9.15. The van der Waals surface area contributed by atoms with Crippen LogP contribution in [0.25, 0.3) is 0 Å². The molecule has 0 atom stereocenters. The number of nitrogens with one attached hydrogen (secondary N) is 3.